The fourth-order valence-electron chi connectivity index (χ4n) is 3.90. The third kappa shape index (κ3) is 8.01. The zero-order valence-corrected chi connectivity index (χ0v) is 20.3. The number of ether oxygens (including phenoxy) is 1. The van der Waals surface area contributed by atoms with E-state index < -0.39 is 12.1 Å². The van der Waals surface area contributed by atoms with Crippen LogP contribution in [-0.2, 0) is 24.2 Å². The molecule has 0 aromatic heterocycles. The molecule has 1 amide bonds. The molecule has 5 nitrogen and oxygen atoms in total. The molecular formula is C29H36N2O3. The molecule has 0 radical (unpaired) electrons. The highest BCUT2D eigenvalue weighted by Crippen LogP contribution is 2.15. The number of methoxy groups -OCH3 is 1. The smallest absolute Gasteiger partial charge is 0.224 e. The first-order valence-electron chi connectivity index (χ1n) is 11.9. The van der Waals surface area contributed by atoms with Gasteiger partial charge in [-0.15, -0.1) is 0 Å². The van der Waals surface area contributed by atoms with Gasteiger partial charge in [0.1, 0.15) is 5.75 Å². The normalized spacial score (nSPS) is 12.9. The highest BCUT2D eigenvalue weighted by atomic mass is 16.5. The van der Waals surface area contributed by atoms with Crippen LogP contribution < -0.4 is 15.4 Å². The number of amides is 1. The Morgan fingerprint density at radius 2 is 1.62 bits per heavy atom. The number of carbonyl (C=O) groups excluding carboxylic acids is 1. The number of rotatable bonds is 12. The van der Waals surface area contributed by atoms with Gasteiger partial charge in [-0.05, 0) is 46.7 Å². The molecule has 3 rings (SSSR count). The lowest BCUT2D eigenvalue weighted by Gasteiger charge is -2.25. The molecule has 34 heavy (non-hydrogen) atoms. The maximum absolute atomic E-state index is 12.8. The first-order valence-corrected chi connectivity index (χ1v) is 11.9. The van der Waals surface area contributed by atoms with E-state index in [-0.39, 0.29) is 12.3 Å². The van der Waals surface area contributed by atoms with Crippen LogP contribution in [0, 0.1) is 0 Å². The van der Waals surface area contributed by atoms with Gasteiger partial charge in [0, 0.05) is 13.1 Å². The number of nitrogens with one attached hydrogen (secondary N) is 2. The van der Waals surface area contributed by atoms with Crippen molar-refractivity contribution in [2.24, 2.45) is 0 Å². The summed E-state index contributed by atoms with van der Waals surface area (Å²) in [4.78, 5) is 12.8. The van der Waals surface area contributed by atoms with Gasteiger partial charge in [0.05, 0.1) is 25.7 Å². The fraction of sp³-hybridized carbons (Fsp3) is 0.345. The summed E-state index contributed by atoms with van der Waals surface area (Å²) in [5, 5.41) is 17.3. The van der Waals surface area contributed by atoms with E-state index >= 15 is 0 Å². The minimum atomic E-state index is -0.738. The highest BCUT2D eigenvalue weighted by Gasteiger charge is 2.22. The minimum absolute atomic E-state index is 0.0925. The molecule has 0 bridgehead atoms. The van der Waals surface area contributed by atoms with Gasteiger partial charge in [0.15, 0.2) is 0 Å². The second-order valence-corrected chi connectivity index (χ2v) is 8.99. The predicted octanol–water partition coefficient (Wildman–Crippen LogP) is 4.24. The van der Waals surface area contributed by atoms with Crippen LogP contribution in [0.4, 0.5) is 0 Å². The molecule has 3 aromatic rings. The van der Waals surface area contributed by atoms with Gasteiger partial charge in [0.2, 0.25) is 5.91 Å². The Hall–Kier alpha value is -3.15. The van der Waals surface area contributed by atoms with E-state index in [0.29, 0.717) is 25.4 Å². The van der Waals surface area contributed by atoms with Crippen LogP contribution in [-0.4, -0.2) is 36.8 Å². The molecule has 3 aromatic carbocycles. The summed E-state index contributed by atoms with van der Waals surface area (Å²) in [5.74, 6) is 1.17. The summed E-state index contributed by atoms with van der Waals surface area (Å²) < 4.78 is 5.27. The Labute approximate surface area is 203 Å². The van der Waals surface area contributed by atoms with Crippen molar-refractivity contribution in [3.63, 3.8) is 0 Å². The number of hydrogen-bond donors (Lipinski definition) is 3. The molecule has 0 unspecified atom stereocenters. The second-order valence-electron chi connectivity index (χ2n) is 8.99. The van der Waals surface area contributed by atoms with Crippen molar-refractivity contribution in [1.29, 1.82) is 0 Å². The van der Waals surface area contributed by atoms with E-state index in [1.807, 2.05) is 66.7 Å². The molecule has 0 fully saturated rings. The molecule has 0 saturated carbocycles. The van der Waals surface area contributed by atoms with Gasteiger partial charge in [-0.3, -0.25) is 4.79 Å². The molecule has 0 aliphatic heterocycles. The number of aliphatic hydroxyl groups is 1. The van der Waals surface area contributed by atoms with Crippen LogP contribution in [0.5, 0.6) is 5.75 Å². The van der Waals surface area contributed by atoms with E-state index in [1.54, 1.807) is 7.11 Å². The molecule has 0 spiro atoms. The molecule has 0 heterocycles. The summed E-state index contributed by atoms with van der Waals surface area (Å²) >= 11 is 0. The standard InChI is InChI=1S/C29H36N2O3/c1-21(2)25-14-12-23(13-15-25)18-29(33)31-27(17-22-8-5-4-6-9-22)28(32)20-30-19-24-10-7-11-26(16-24)34-3/h4-16,21,27-28,30,32H,17-20H2,1-3H3,(H,31,33)/t27-,28-/m0/s1. The van der Waals surface area contributed by atoms with Gasteiger partial charge < -0.3 is 20.5 Å². The van der Waals surface area contributed by atoms with Crippen molar-refractivity contribution < 1.29 is 14.6 Å². The molecule has 0 aliphatic rings. The van der Waals surface area contributed by atoms with Crippen LogP contribution in [0.3, 0.4) is 0 Å². The SMILES string of the molecule is COc1cccc(CNC[C@H](O)[C@H](Cc2ccccc2)NC(=O)Cc2ccc(C(C)C)cc2)c1. The highest BCUT2D eigenvalue weighted by molar-refractivity contribution is 5.79. The topological polar surface area (TPSA) is 70.6 Å². The van der Waals surface area contributed by atoms with Crippen LogP contribution in [0.15, 0.2) is 78.9 Å². The van der Waals surface area contributed by atoms with E-state index in [2.05, 4.69) is 36.6 Å². The molecule has 2 atom stereocenters. The lowest BCUT2D eigenvalue weighted by Crippen LogP contribution is -2.49. The Morgan fingerprint density at radius 3 is 2.29 bits per heavy atom. The molecule has 0 aliphatic carbocycles. The van der Waals surface area contributed by atoms with Crippen LogP contribution >= 0.6 is 0 Å². The van der Waals surface area contributed by atoms with Crippen molar-refractivity contribution in [2.45, 2.75) is 51.3 Å². The van der Waals surface area contributed by atoms with Gasteiger partial charge in [0.25, 0.3) is 0 Å². The third-order valence-corrected chi connectivity index (χ3v) is 5.94. The quantitative estimate of drug-likeness (QED) is 0.378. The van der Waals surface area contributed by atoms with Gasteiger partial charge in [-0.1, -0.05) is 80.6 Å². The van der Waals surface area contributed by atoms with Crippen LogP contribution in [0.1, 0.15) is 42.0 Å². The van der Waals surface area contributed by atoms with Crippen molar-refractivity contribution in [3.05, 3.63) is 101 Å². The van der Waals surface area contributed by atoms with E-state index in [4.69, 9.17) is 4.74 Å². The van der Waals surface area contributed by atoms with Crippen molar-refractivity contribution in [2.75, 3.05) is 13.7 Å². The van der Waals surface area contributed by atoms with Crippen molar-refractivity contribution in [1.82, 2.24) is 10.6 Å². The molecule has 0 saturated heterocycles. The van der Waals surface area contributed by atoms with Crippen LogP contribution in [0.2, 0.25) is 0 Å². The van der Waals surface area contributed by atoms with E-state index in [0.717, 1.165) is 22.4 Å². The zero-order chi connectivity index (χ0) is 24.3. The van der Waals surface area contributed by atoms with E-state index in [9.17, 15) is 9.90 Å². The predicted molar refractivity (Wildman–Crippen MR) is 137 cm³/mol. The average molecular weight is 461 g/mol. The lowest BCUT2D eigenvalue weighted by molar-refractivity contribution is -0.122. The Bertz CT molecular complexity index is 1020. The first-order chi connectivity index (χ1) is 16.4. The van der Waals surface area contributed by atoms with Crippen molar-refractivity contribution in [3.8, 4) is 5.75 Å². The van der Waals surface area contributed by atoms with Gasteiger partial charge >= 0.3 is 0 Å². The third-order valence-electron chi connectivity index (χ3n) is 5.94. The average Bonchev–Trinajstić information content (AvgIpc) is 2.84. The Balaban J connectivity index is 1.60. The summed E-state index contributed by atoms with van der Waals surface area (Å²) in [7, 11) is 1.64. The number of benzene rings is 3. The number of carbonyl (C=O) groups is 1. The van der Waals surface area contributed by atoms with Gasteiger partial charge in [-0.2, -0.15) is 0 Å². The van der Waals surface area contributed by atoms with Crippen LogP contribution in [0.25, 0.3) is 0 Å². The van der Waals surface area contributed by atoms with Gasteiger partial charge in [-0.25, -0.2) is 0 Å². The maximum Gasteiger partial charge on any atom is 0.224 e. The largest absolute Gasteiger partial charge is 0.497 e. The lowest BCUT2D eigenvalue weighted by atomic mass is 9.99. The first kappa shape index (κ1) is 25.5. The maximum atomic E-state index is 12.8. The Kier molecular flexibility index (Phi) is 9.68. The molecule has 3 N–H and O–H groups in total. The zero-order valence-electron chi connectivity index (χ0n) is 20.3. The fourth-order valence-corrected chi connectivity index (χ4v) is 3.90. The van der Waals surface area contributed by atoms with E-state index in [1.165, 1.54) is 5.56 Å². The second kappa shape index (κ2) is 12.9. The number of aliphatic hydroxyl groups excluding tert-OH is 1. The minimum Gasteiger partial charge on any atom is -0.497 e. The monoisotopic (exact) mass is 460 g/mol. The molecule has 180 valence electrons. The Morgan fingerprint density at radius 1 is 0.912 bits per heavy atom. The van der Waals surface area contributed by atoms with Crippen molar-refractivity contribution >= 4 is 5.91 Å². The number of hydrogen-bond acceptors (Lipinski definition) is 4. The molecule has 5 heteroatoms. The molecular weight excluding hydrogens is 424 g/mol. The summed E-state index contributed by atoms with van der Waals surface area (Å²) in [6.07, 6.45) is 0.104. The summed E-state index contributed by atoms with van der Waals surface area (Å²) in [5.41, 5.74) is 4.36. The summed E-state index contributed by atoms with van der Waals surface area (Å²) in [6, 6.07) is 25.5. The summed E-state index contributed by atoms with van der Waals surface area (Å²) in [6.45, 7) is 5.26.